The van der Waals surface area contributed by atoms with Crippen molar-refractivity contribution < 1.29 is 4.74 Å². The minimum atomic E-state index is 0.190. The first-order chi connectivity index (χ1) is 7.26. The fraction of sp³-hybridized carbons (Fsp3) is 0.545. The number of hydrogen-bond acceptors (Lipinski definition) is 3. The lowest BCUT2D eigenvalue weighted by Crippen LogP contribution is -2.22. The van der Waals surface area contributed by atoms with Crippen molar-refractivity contribution in [1.82, 2.24) is 10.3 Å². The van der Waals surface area contributed by atoms with E-state index >= 15 is 0 Å². The first-order valence-corrected chi connectivity index (χ1v) is 5.54. The summed E-state index contributed by atoms with van der Waals surface area (Å²) in [6.07, 6.45) is 0.972. The van der Waals surface area contributed by atoms with Gasteiger partial charge in [0.1, 0.15) is 0 Å². The fourth-order valence-electron chi connectivity index (χ4n) is 1.17. The van der Waals surface area contributed by atoms with Crippen molar-refractivity contribution >= 4 is 11.6 Å². The second kappa shape index (κ2) is 6.64. The molecule has 0 bridgehead atoms. The quantitative estimate of drug-likeness (QED) is 0.758. The molecule has 0 spiro atoms. The first kappa shape index (κ1) is 12.3. The van der Waals surface area contributed by atoms with Crippen LogP contribution in [-0.2, 0) is 6.54 Å². The van der Waals surface area contributed by atoms with E-state index in [9.17, 15) is 0 Å². The number of rotatable bonds is 6. The van der Waals surface area contributed by atoms with Crippen molar-refractivity contribution in [3.63, 3.8) is 0 Å². The van der Waals surface area contributed by atoms with E-state index in [0.717, 1.165) is 25.2 Å². The molecule has 84 valence electrons. The summed E-state index contributed by atoms with van der Waals surface area (Å²) in [5.74, 6) is 0.646. The Bertz CT molecular complexity index is 294. The number of alkyl halides is 1. The largest absolute Gasteiger partial charge is 0.481 e. The average Bonchev–Trinajstić information content (AvgIpc) is 2.29. The molecule has 0 radical (unpaired) electrons. The van der Waals surface area contributed by atoms with Crippen molar-refractivity contribution in [2.24, 2.45) is 0 Å². The highest BCUT2D eigenvalue weighted by Crippen LogP contribution is 2.06. The Balaban J connectivity index is 2.37. The zero-order valence-corrected chi connectivity index (χ0v) is 9.92. The van der Waals surface area contributed by atoms with Crippen LogP contribution < -0.4 is 10.1 Å². The highest BCUT2D eigenvalue weighted by Gasteiger charge is 2.01. The second-order valence-corrected chi connectivity index (χ2v) is 3.92. The zero-order chi connectivity index (χ0) is 11.1. The SMILES string of the molecule is CCC(Cl)CNCc1cccc(OC)n1. The van der Waals surface area contributed by atoms with Gasteiger partial charge in [0.15, 0.2) is 0 Å². The summed E-state index contributed by atoms with van der Waals surface area (Å²) in [6.45, 7) is 3.60. The molecular weight excluding hydrogens is 212 g/mol. The first-order valence-electron chi connectivity index (χ1n) is 5.11. The van der Waals surface area contributed by atoms with E-state index in [0.29, 0.717) is 5.88 Å². The highest BCUT2D eigenvalue weighted by molar-refractivity contribution is 6.20. The molecule has 0 saturated carbocycles. The van der Waals surface area contributed by atoms with E-state index in [2.05, 4.69) is 17.2 Å². The van der Waals surface area contributed by atoms with Crippen LogP contribution >= 0.6 is 11.6 Å². The van der Waals surface area contributed by atoms with E-state index in [1.165, 1.54) is 0 Å². The van der Waals surface area contributed by atoms with Crippen molar-refractivity contribution in [1.29, 1.82) is 0 Å². The van der Waals surface area contributed by atoms with Crippen molar-refractivity contribution in [3.8, 4) is 5.88 Å². The van der Waals surface area contributed by atoms with Crippen LogP contribution in [0.15, 0.2) is 18.2 Å². The van der Waals surface area contributed by atoms with E-state index in [1.807, 2.05) is 18.2 Å². The van der Waals surface area contributed by atoms with Gasteiger partial charge in [-0.25, -0.2) is 4.98 Å². The number of pyridine rings is 1. The van der Waals surface area contributed by atoms with Gasteiger partial charge in [0.05, 0.1) is 12.8 Å². The smallest absolute Gasteiger partial charge is 0.213 e. The van der Waals surface area contributed by atoms with Crippen molar-refractivity contribution in [2.45, 2.75) is 25.3 Å². The molecule has 0 aliphatic carbocycles. The summed E-state index contributed by atoms with van der Waals surface area (Å²) in [7, 11) is 1.62. The Hall–Kier alpha value is -0.800. The van der Waals surface area contributed by atoms with E-state index < -0.39 is 0 Å². The molecule has 1 unspecified atom stereocenters. The van der Waals surface area contributed by atoms with Gasteiger partial charge in [0.25, 0.3) is 0 Å². The lowest BCUT2D eigenvalue weighted by Gasteiger charge is -2.08. The molecule has 0 amide bonds. The van der Waals surface area contributed by atoms with Gasteiger partial charge in [-0.05, 0) is 12.5 Å². The van der Waals surface area contributed by atoms with Crippen molar-refractivity contribution in [2.75, 3.05) is 13.7 Å². The second-order valence-electron chi connectivity index (χ2n) is 3.31. The number of nitrogens with one attached hydrogen (secondary N) is 1. The highest BCUT2D eigenvalue weighted by atomic mass is 35.5. The number of aromatic nitrogens is 1. The molecule has 0 saturated heterocycles. The molecule has 0 fully saturated rings. The normalized spacial score (nSPS) is 12.5. The maximum Gasteiger partial charge on any atom is 0.213 e. The zero-order valence-electron chi connectivity index (χ0n) is 9.16. The van der Waals surface area contributed by atoms with E-state index in [-0.39, 0.29) is 5.38 Å². The fourth-order valence-corrected chi connectivity index (χ4v) is 1.28. The summed E-state index contributed by atoms with van der Waals surface area (Å²) < 4.78 is 5.04. The summed E-state index contributed by atoms with van der Waals surface area (Å²) >= 11 is 5.98. The Morgan fingerprint density at radius 3 is 3.00 bits per heavy atom. The van der Waals surface area contributed by atoms with Crippen LogP contribution in [0.5, 0.6) is 5.88 Å². The van der Waals surface area contributed by atoms with Crippen LogP contribution in [0.3, 0.4) is 0 Å². The molecule has 1 aromatic heterocycles. The van der Waals surface area contributed by atoms with Crippen LogP contribution in [0, 0.1) is 0 Å². The molecule has 0 aliphatic rings. The summed E-state index contributed by atoms with van der Waals surface area (Å²) in [4.78, 5) is 4.29. The molecular formula is C11H17ClN2O. The number of methoxy groups -OCH3 is 1. The molecule has 0 aromatic carbocycles. The molecule has 1 heterocycles. The molecule has 1 rings (SSSR count). The molecule has 1 N–H and O–H groups in total. The molecule has 1 atom stereocenters. The lowest BCUT2D eigenvalue weighted by molar-refractivity contribution is 0.395. The molecule has 15 heavy (non-hydrogen) atoms. The molecule has 3 nitrogen and oxygen atoms in total. The predicted molar refractivity (Wildman–Crippen MR) is 62.4 cm³/mol. The third-order valence-corrected chi connectivity index (χ3v) is 2.57. The minimum absolute atomic E-state index is 0.190. The van der Waals surface area contributed by atoms with Crippen LogP contribution in [0.4, 0.5) is 0 Å². The summed E-state index contributed by atoms with van der Waals surface area (Å²) in [5.41, 5.74) is 0.967. The maximum absolute atomic E-state index is 5.98. The van der Waals surface area contributed by atoms with Crippen LogP contribution in [0.1, 0.15) is 19.0 Å². The Morgan fingerprint density at radius 2 is 2.33 bits per heavy atom. The van der Waals surface area contributed by atoms with Gasteiger partial charge in [0.2, 0.25) is 5.88 Å². The van der Waals surface area contributed by atoms with Gasteiger partial charge in [-0.1, -0.05) is 13.0 Å². The third-order valence-electron chi connectivity index (χ3n) is 2.11. The van der Waals surface area contributed by atoms with Gasteiger partial charge in [-0.15, -0.1) is 11.6 Å². The number of ether oxygens (including phenoxy) is 1. The average molecular weight is 229 g/mol. The number of halogens is 1. The summed E-state index contributed by atoms with van der Waals surface area (Å²) in [6, 6.07) is 5.73. The molecule has 0 aliphatic heterocycles. The van der Waals surface area contributed by atoms with Crippen LogP contribution in [0.25, 0.3) is 0 Å². The third kappa shape index (κ3) is 4.49. The minimum Gasteiger partial charge on any atom is -0.481 e. The lowest BCUT2D eigenvalue weighted by atomic mass is 10.3. The summed E-state index contributed by atoms with van der Waals surface area (Å²) in [5, 5.41) is 3.44. The van der Waals surface area contributed by atoms with E-state index in [1.54, 1.807) is 7.11 Å². The van der Waals surface area contributed by atoms with Crippen molar-refractivity contribution in [3.05, 3.63) is 23.9 Å². The Morgan fingerprint density at radius 1 is 1.53 bits per heavy atom. The van der Waals surface area contributed by atoms with Gasteiger partial charge in [-0.2, -0.15) is 0 Å². The van der Waals surface area contributed by atoms with Gasteiger partial charge >= 0.3 is 0 Å². The van der Waals surface area contributed by atoms with E-state index in [4.69, 9.17) is 16.3 Å². The monoisotopic (exact) mass is 228 g/mol. The molecule has 1 aromatic rings. The van der Waals surface area contributed by atoms with Crippen LogP contribution in [-0.4, -0.2) is 24.0 Å². The predicted octanol–water partition coefficient (Wildman–Crippen LogP) is 2.20. The van der Waals surface area contributed by atoms with Crippen LogP contribution in [0.2, 0.25) is 0 Å². The van der Waals surface area contributed by atoms with Gasteiger partial charge < -0.3 is 10.1 Å². The number of nitrogens with zero attached hydrogens (tertiary/aromatic N) is 1. The Labute approximate surface area is 95.8 Å². The van der Waals surface area contributed by atoms with Gasteiger partial charge in [0, 0.05) is 24.5 Å². The molecule has 4 heteroatoms. The standard InChI is InChI=1S/C11H17ClN2O/c1-3-9(12)7-13-8-10-5-4-6-11(14-10)15-2/h4-6,9,13H,3,7-8H2,1-2H3. The Kier molecular flexibility index (Phi) is 5.43. The maximum atomic E-state index is 5.98. The topological polar surface area (TPSA) is 34.1 Å². The number of hydrogen-bond donors (Lipinski definition) is 1. The van der Waals surface area contributed by atoms with Gasteiger partial charge in [-0.3, -0.25) is 0 Å².